The molecule has 0 radical (unpaired) electrons. The van der Waals surface area contributed by atoms with Crippen LogP contribution >= 0.6 is 0 Å². The number of carbonyl (C=O) groups excluding carboxylic acids is 1. The van der Waals surface area contributed by atoms with Gasteiger partial charge in [0.2, 0.25) is 0 Å². The monoisotopic (exact) mass is 256 g/mol. The van der Waals surface area contributed by atoms with E-state index in [2.05, 4.69) is 0 Å². The van der Waals surface area contributed by atoms with E-state index in [4.69, 9.17) is 5.73 Å². The fourth-order valence-corrected chi connectivity index (χ4v) is 1.70. The van der Waals surface area contributed by atoms with E-state index in [1.165, 1.54) is 6.07 Å². The lowest BCUT2D eigenvalue weighted by atomic mass is 10.1. The highest BCUT2D eigenvalue weighted by atomic mass is 19.1. The fraction of sp³-hybridized carbons (Fsp3) is 0.462. The van der Waals surface area contributed by atoms with Gasteiger partial charge in [0.1, 0.15) is 11.6 Å². The minimum absolute atomic E-state index is 0.0955. The molecule has 100 valence electrons. The Bertz CT molecular complexity index is 410. The minimum Gasteiger partial charge on any atom is -0.339 e. The highest BCUT2D eigenvalue weighted by Gasteiger charge is 2.18. The number of amides is 1. The molecule has 1 rings (SSSR count). The van der Waals surface area contributed by atoms with Crippen molar-refractivity contribution in [2.24, 2.45) is 5.73 Å². The number of nitrogens with two attached hydrogens (primary N) is 1. The van der Waals surface area contributed by atoms with Crippen molar-refractivity contribution in [2.45, 2.75) is 19.8 Å². The first kappa shape index (κ1) is 14.6. The number of carbonyl (C=O) groups is 1. The lowest BCUT2D eigenvalue weighted by Gasteiger charge is -2.22. The third kappa shape index (κ3) is 3.77. The summed E-state index contributed by atoms with van der Waals surface area (Å²) >= 11 is 0. The van der Waals surface area contributed by atoms with E-state index in [9.17, 15) is 13.6 Å². The average molecular weight is 256 g/mol. The molecule has 2 N–H and O–H groups in total. The first-order valence-corrected chi connectivity index (χ1v) is 6.04. The van der Waals surface area contributed by atoms with Gasteiger partial charge in [0.25, 0.3) is 5.91 Å². The first-order valence-electron chi connectivity index (χ1n) is 6.04. The van der Waals surface area contributed by atoms with E-state index in [-0.39, 0.29) is 5.56 Å². The van der Waals surface area contributed by atoms with Crippen molar-refractivity contribution in [3.8, 4) is 0 Å². The van der Waals surface area contributed by atoms with Crippen molar-refractivity contribution in [3.63, 3.8) is 0 Å². The molecule has 5 heteroatoms. The van der Waals surface area contributed by atoms with Crippen molar-refractivity contribution < 1.29 is 13.6 Å². The Morgan fingerprint density at radius 1 is 1.33 bits per heavy atom. The quantitative estimate of drug-likeness (QED) is 0.847. The van der Waals surface area contributed by atoms with Crippen LogP contribution < -0.4 is 5.73 Å². The molecule has 0 aliphatic heterocycles. The van der Waals surface area contributed by atoms with Gasteiger partial charge in [-0.1, -0.05) is 6.92 Å². The number of benzene rings is 1. The smallest absolute Gasteiger partial charge is 0.256 e. The van der Waals surface area contributed by atoms with Crippen LogP contribution in [-0.4, -0.2) is 30.4 Å². The van der Waals surface area contributed by atoms with Gasteiger partial charge in [-0.3, -0.25) is 4.79 Å². The Labute approximate surface area is 106 Å². The molecule has 1 aromatic carbocycles. The number of hydrogen-bond donors (Lipinski definition) is 1. The Hall–Kier alpha value is -1.49. The molecule has 0 saturated carbocycles. The Morgan fingerprint density at radius 2 is 2.06 bits per heavy atom. The molecule has 0 fully saturated rings. The maximum atomic E-state index is 13.5. The Morgan fingerprint density at radius 3 is 2.61 bits per heavy atom. The summed E-state index contributed by atoms with van der Waals surface area (Å²) in [5.74, 6) is -1.93. The lowest BCUT2D eigenvalue weighted by Crippen LogP contribution is -2.34. The second-order valence-electron chi connectivity index (χ2n) is 4.06. The number of rotatable bonds is 6. The van der Waals surface area contributed by atoms with Crippen molar-refractivity contribution in [2.75, 3.05) is 19.6 Å². The summed E-state index contributed by atoms with van der Waals surface area (Å²) in [4.78, 5) is 13.6. The average Bonchev–Trinajstić information content (AvgIpc) is 2.33. The zero-order chi connectivity index (χ0) is 13.5. The summed E-state index contributed by atoms with van der Waals surface area (Å²) in [6.45, 7) is 3.43. The second-order valence-corrected chi connectivity index (χ2v) is 4.06. The SMILES string of the molecule is CCCN(CCCN)C(=O)c1ccc(F)cc1F. The van der Waals surface area contributed by atoms with Gasteiger partial charge in [-0.15, -0.1) is 0 Å². The highest BCUT2D eigenvalue weighted by Crippen LogP contribution is 2.13. The Balaban J connectivity index is 2.87. The van der Waals surface area contributed by atoms with Crippen LogP contribution in [0.5, 0.6) is 0 Å². The lowest BCUT2D eigenvalue weighted by molar-refractivity contribution is 0.0750. The van der Waals surface area contributed by atoms with Gasteiger partial charge in [-0.25, -0.2) is 8.78 Å². The standard InChI is InChI=1S/C13H18F2N2O/c1-2-7-17(8-3-6-16)13(18)11-5-4-10(14)9-12(11)15/h4-5,9H,2-3,6-8,16H2,1H3. The summed E-state index contributed by atoms with van der Waals surface area (Å²) in [6, 6.07) is 2.99. The predicted molar refractivity (Wildman–Crippen MR) is 66.2 cm³/mol. The molecular formula is C13H18F2N2O. The summed E-state index contributed by atoms with van der Waals surface area (Å²) < 4.78 is 26.3. The molecule has 1 amide bonds. The van der Waals surface area contributed by atoms with Gasteiger partial charge < -0.3 is 10.6 Å². The minimum atomic E-state index is -0.825. The number of halogens is 2. The molecule has 18 heavy (non-hydrogen) atoms. The topological polar surface area (TPSA) is 46.3 Å². The van der Waals surface area contributed by atoms with Crippen molar-refractivity contribution in [1.82, 2.24) is 4.90 Å². The molecule has 0 aliphatic rings. The molecule has 0 atom stereocenters. The van der Waals surface area contributed by atoms with Crippen LogP contribution in [0.2, 0.25) is 0 Å². The summed E-state index contributed by atoms with van der Waals surface area (Å²) in [7, 11) is 0. The molecule has 0 bridgehead atoms. The van der Waals surface area contributed by atoms with E-state index in [1.54, 1.807) is 4.90 Å². The molecule has 3 nitrogen and oxygen atoms in total. The van der Waals surface area contributed by atoms with Crippen molar-refractivity contribution in [1.29, 1.82) is 0 Å². The zero-order valence-corrected chi connectivity index (χ0v) is 10.5. The molecule has 0 aromatic heterocycles. The van der Waals surface area contributed by atoms with E-state index in [1.807, 2.05) is 6.92 Å². The predicted octanol–water partition coefficient (Wildman–Crippen LogP) is 2.17. The van der Waals surface area contributed by atoms with Gasteiger partial charge >= 0.3 is 0 Å². The number of nitrogens with zero attached hydrogens (tertiary/aromatic N) is 1. The summed E-state index contributed by atoms with van der Waals surface area (Å²) in [5, 5.41) is 0. The summed E-state index contributed by atoms with van der Waals surface area (Å²) in [6.07, 6.45) is 1.44. The molecule has 0 saturated heterocycles. The molecule has 0 unspecified atom stereocenters. The van der Waals surface area contributed by atoms with Gasteiger partial charge in [0.05, 0.1) is 5.56 Å². The third-order valence-corrected chi connectivity index (χ3v) is 2.57. The van der Waals surface area contributed by atoms with Crippen molar-refractivity contribution in [3.05, 3.63) is 35.4 Å². The van der Waals surface area contributed by atoms with E-state index >= 15 is 0 Å². The molecule has 0 heterocycles. The molecule has 0 spiro atoms. The Kier molecular flexibility index (Phi) is 5.71. The molecule has 1 aromatic rings. The van der Waals surface area contributed by atoms with Gasteiger partial charge in [0, 0.05) is 19.2 Å². The van der Waals surface area contributed by atoms with Crippen LogP contribution in [0.1, 0.15) is 30.1 Å². The normalized spacial score (nSPS) is 10.4. The first-order chi connectivity index (χ1) is 8.60. The largest absolute Gasteiger partial charge is 0.339 e. The maximum Gasteiger partial charge on any atom is 0.256 e. The second kappa shape index (κ2) is 7.06. The summed E-state index contributed by atoms with van der Waals surface area (Å²) in [5.41, 5.74) is 5.30. The van der Waals surface area contributed by atoms with Crippen LogP contribution in [0.4, 0.5) is 8.78 Å². The fourth-order valence-electron chi connectivity index (χ4n) is 1.70. The van der Waals surface area contributed by atoms with Crippen LogP contribution in [0.25, 0.3) is 0 Å². The van der Waals surface area contributed by atoms with Gasteiger partial charge in [-0.05, 0) is 31.5 Å². The molecular weight excluding hydrogens is 238 g/mol. The van der Waals surface area contributed by atoms with Crippen LogP contribution in [-0.2, 0) is 0 Å². The van der Waals surface area contributed by atoms with E-state index in [0.717, 1.165) is 18.6 Å². The highest BCUT2D eigenvalue weighted by molar-refractivity contribution is 5.94. The third-order valence-electron chi connectivity index (χ3n) is 2.57. The van der Waals surface area contributed by atoms with Crippen LogP contribution in [0, 0.1) is 11.6 Å². The van der Waals surface area contributed by atoms with Crippen LogP contribution in [0.15, 0.2) is 18.2 Å². The van der Waals surface area contributed by atoms with Crippen LogP contribution in [0.3, 0.4) is 0 Å². The van der Waals surface area contributed by atoms with Gasteiger partial charge in [-0.2, -0.15) is 0 Å². The van der Waals surface area contributed by atoms with E-state index < -0.39 is 17.5 Å². The zero-order valence-electron chi connectivity index (χ0n) is 10.5. The number of hydrogen-bond acceptors (Lipinski definition) is 2. The van der Waals surface area contributed by atoms with Gasteiger partial charge in [0.15, 0.2) is 0 Å². The maximum absolute atomic E-state index is 13.5. The van der Waals surface area contributed by atoms with Crippen molar-refractivity contribution >= 4 is 5.91 Å². The molecule has 0 aliphatic carbocycles. The van der Waals surface area contributed by atoms with E-state index in [0.29, 0.717) is 26.1 Å².